The smallest absolute Gasteiger partial charge is 0.282 e. The lowest BCUT2D eigenvalue weighted by Crippen LogP contribution is -2.36. The van der Waals surface area contributed by atoms with Gasteiger partial charge in [-0.3, -0.25) is 14.2 Å². The number of aldehydes is 1. The van der Waals surface area contributed by atoms with Gasteiger partial charge in [0, 0.05) is 19.2 Å². The second-order valence-electron chi connectivity index (χ2n) is 3.94. The highest BCUT2D eigenvalue weighted by Crippen LogP contribution is 2.10. The third-order valence-corrected chi connectivity index (χ3v) is 2.68. The lowest BCUT2D eigenvalue weighted by molar-refractivity contribution is -0.661. The number of allylic oxidation sites excluding steroid dienone is 1. The molecule has 0 spiro atoms. The summed E-state index contributed by atoms with van der Waals surface area (Å²) >= 11 is 0. The van der Waals surface area contributed by atoms with Crippen molar-refractivity contribution in [1.29, 1.82) is 0 Å². The molecule has 0 N–H and O–H groups in total. The van der Waals surface area contributed by atoms with E-state index in [0.717, 1.165) is 5.52 Å². The van der Waals surface area contributed by atoms with Gasteiger partial charge in [-0.2, -0.15) is 9.55 Å². The summed E-state index contributed by atoms with van der Waals surface area (Å²) in [6.07, 6.45) is 4.06. The van der Waals surface area contributed by atoms with E-state index >= 15 is 0 Å². The average Bonchev–Trinajstić information content (AvgIpc) is 2.41. The van der Waals surface area contributed by atoms with Gasteiger partial charge in [0.05, 0.1) is 0 Å². The second-order valence-corrected chi connectivity index (χ2v) is 3.94. The van der Waals surface area contributed by atoms with Gasteiger partial charge in [-0.15, -0.1) is 0 Å². The van der Waals surface area contributed by atoms with E-state index in [-0.39, 0.29) is 12.2 Å². The third-order valence-electron chi connectivity index (χ3n) is 2.68. The van der Waals surface area contributed by atoms with E-state index in [9.17, 15) is 9.59 Å². The maximum absolute atomic E-state index is 11.6. The average molecular weight is 260 g/mol. The maximum Gasteiger partial charge on any atom is 0.282 e. The van der Waals surface area contributed by atoms with E-state index < -0.39 is 0 Å². The van der Waals surface area contributed by atoms with E-state index in [1.807, 2.05) is 4.57 Å². The van der Waals surface area contributed by atoms with Gasteiger partial charge in [-0.25, -0.2) is 0 Å². The number of ether oxygens (including phenoxy) is 1. The van der Waals surface area contributed by atoms with Crippen LogP contribution in [0.2, 0.25) is 0 Å². The van der Waals surface area contributed by atoms with Crippen LogP contribution in [0.3, 0.4) is 0 Å². The van der Waals surface area contributed by atoms with Crippen LogP contribution in [0.4, 0.5) is 0 Å². The predicted octanol–water partition coefficient (Wildman–Crippen LogP) is -0.0153. The summed E-state index contributed by atoms with van der Waals surface area (Å²) in [5, 5.41) is 0. The van der Waals surface area contributed by atoms with Crippen molar-refractivity contribution in [2.45, 2.75) is 6.54 Å². The quantitative estimate of drug-likeness (QED) is 0.431. The number of carbonyl (C=O) groups excluding carboxylic acids is 1. The zero-order valence-electron chi connectivity index (χ0n) is 10.6. The van der Waals surface area contributed by atoms with Crippen LogP contribution in [0.25, 0.3) is 11.2 Å². The number of nitrogens with zero attached hydrogens (tertiary/aromatic N) is 3. The topological polar surface area (TPSA) is 65.1 Å². The van der Waals surface area contributed by atoms with Gasteiger partial charge in [0.15, 0.2) is 12.8 Å². The summed E-state index contributed by atoms with van der Waals surface area (Å²) in [4.78, 5) is 26.2. The number of rotatable bonds is 5. The van der Waals surface area contributed by atoms with Crippen LogP contribution in [0, 0.1) is 0 Å². The fraction of sp³-hybridized carbons (Fsp3) is 0.231. The van der Waals surface area contributed by atoms with Gasteiger partial charge in [0.1, 0.15) is 6.61 Å². The molecule has 0 aliphatic carbocycles. The van der Waals surface area contributed by atoms with Gasteiger partial charge in [-0.1, -0.05) is 6.58 Å². The van der Waals surface area contributed by atoms with Crippen LogP contribution >= 0.6 is 0 Å². The molecule has 2 aromatic heterocycles. The SMILES string of the molecule is C=CC[n+]1cc(OCC=O)nc2c1ccc(=O)n2C. The van der Waals surface area contributed by atoms with E-state index in [4.69, 9.17) is 4.74 Å². The molecule has 98 valence electrons. The Morgan fingerprint density at radius 1 is 1.53 bits per heavy atom. The molecule has 0 aromatic carbocycles. The molecule has 0 radical (unpaired) electrons. The Hall–Kier alpha value is -2.50. The van der Waals surface area contributed by atoms with Gasteiger partial charge in [-0.05, 0) is 6.08 Å². The normalized spacial score (nSPS) is 10.4. The van der Waals surface area contributed by atoms with Crippen molar-refractivity contribution < 1.29 is 14.1 Å². The molecule has 2 aromatic rings. The number of hydrogen-bond donors (Lipinski definition) is 0. The van der Waals surface area contributed by atoms with Crippen molar-refractivity contribution in [2.75, 3.05) is 6.61 Å². The Morgan fingerprint density at radius 3 is 3.00 bits per heavy atom. The van der Waals surface area contributed by atoms with Crippen LogP contribution in [-0.2, 0) is 18.4 Å². The molecule has 0 bridgehead atoms. The summed E-state index contributed by atoms with van der Waals surface area (Å²) in [5.41, 5.74) is 1.14. The van der Waals surface area contributed by atoms with Crippen LogP contribution in [-0.4, -0.2) is 22.4 Å². The van der Waals surface area contributed by atoms with E-state index in [1.165, 1.54) is 10.6 Å². The molecule has 0 aliphatic heterocycles. The second kappa shape index (κ2) is 5.43. The molecule has 2 rings (SSSR count). The highest BCUT2D eigenvalue weighted by molar-refractivity contribution is 5.66. The van der Waals surface area contributed by atoms with Crippen LogP contribution in [0.1, 0.15) is 0 Å². The monoisotopic (exact) mass is 260 g/mol. The molecule has 0 atom stereocenters. The third kappa shape index (κ3) is 2.52. The molecule has 2 heterocycles. The van der Waals surface area contributed by atoms with Crippen molar-refractivity contribution in [2.24, 2.45) is 7.05 Å². The van der Waals surface area contributed by atoms with Crippen LogP contribution in [0.15, 0.2) is 35.8 Å². The minimum atomic E-state index is -0.155. The number of fused-ring (bicyclic) bond motifs is 1. The number of carbonyl (C=O) groups is 1. The number of pyridine rings is 1. The molecule has 0 saturated carbocycles. The van der Waals surface area contributed by atoms with E-state index in [1.54, 1.807) is 25.4 Å². The van der Waals surface area contributed by atoms with Gasteiger partial charge in [0.2, 0.25) is 17.4 Å². The summed E-state index contributed by atoms with van der Waals surface area (Å²) in [6, 6.07) is 3.19. The highest BCUT2D eigenvalue weighted by Gasteiger charge is 2.15. The Kier molecular flexibility index (Phi) is 3.70. The van der Waals surface area contributed by atoms with Crippen LogP contribution < -0.4 is 14.9 Å². The maximum atomic E-state index is 11.6. The minimum absolute atomic E-state index is 0.0760. The van der Waals surface area contributed by atoms with Crippen molar-refractivity contribution in [3.63, 3.8) is 0 Å². The zero-order valence-corrected chi connectivity index (χ0v) is 10.6. The summed E-state index contributed by atoms with van der Waals surface area (Å²) < 4.78 is 8.48. The Bertz CT molecular complexity index is 691. The lowest BCUT2D eigenvalue weighted by atomic mass is 10.3. The first kappa shape index (κ1) is 12.9. The van der Waals surface area contributed by atoms with Crippen molar-refractivity contribution in [3.05, 3.63) is 41.3 Å². The summed E-state index contributed by atoms with van der Waals surface area (Å²) in [5.74, 6) is 0.294. The van der Waals surface area contributed by atoms with E-state index in [2.05, 4.69) is 11.6 Å². The molecule has 0 unspecified atom stereocenters. The van der Waals surface area contributed by atoms with Gasteiger partial charge in [0.25, 0.3) is 11.4 Å². The van der Waals surface area contributed by atoms with Gasteiger partial charge >= 0.3 is 0 Å². The largest absolute Gasteiger partial charge is 0.466 e. The van der Waals surface area contributed by atoms with Gasteiger partial charge < -0.3 is 4.74 Å². The molecular weight excluding hydrogens is 246 g/mol. The Morgan fingerprint density at radius 2 is 2.32 bits per heavy atom. The predicted molar refractivity (Wildman–Crippen MR) is 68.9 cm³/mol. The van der Waals surface area contributed by atoms with Crippen LogP contribution in [0.5, 0.6) is 5.88 Å². The molecule has 0 saturated heterocycles. The van der Waals surface area contributed by atoms with Crippen molar-refractivity contribution in [1.82, 2.24) is 9.55 Å². The van der Waals surface area contributed by atoms with Crippen molar-refractivity contribution >= 4 is 17.5 Å². The first-order valence-electron chi connectivity index (χ1n) is 5.75. The molecule has 0 amide bonds. The molecule has 0 aliphatic rings. The zero-order chi connectivity index (χ0) is 13.8. The highest BCUT2D eigenvalue weighted by atomic mass is 16.5. The summed E-state index contributed by atoms with van der Waals surface area (Å²) in [6.45, 7) is 4.16. The molecule has 6 heteroatoms. The summed E-state index contributed by atoms with van der Waals surface area (Å²) in [7, 11) is 1.64. The Labute approximate surface area is 109 Å². The minimum Gasteiger partial charge on any atom is -0.466 e. The first-order chi connectivity index (χ1) is 9.17. The fourth-order valence-corrected chi connectivity index (χ4v) is 1.78. The number of aromatic nitrogens is 3. The number of aryl methyl sites for hydroxylation is 1. The lowest BCUT2D eigenvalue weighted by Gasteiger charge is -2.06. The molecule has 19 heavy (non-hydrogen) atoms. The first-order valence-corrected chi connectivity index (χ1v) is 5.75. The van der Waals surface area contributed by atoms with Crippen molar-refractivity contribution in [3.8, 4) is 5.88 Å². The fourth-order valence-electron chi connectivity index (χ4n) is 1.78. The number of hydrogen-bond acceptors (Lipinski definition) is 4. The Balaban J connectivity index is 2.68. The molecule has 0 fully saturated rings. The van der Waals surface area contributed by atoms with E-state index in [0.29, 0.717) is 24.4 Å². The molecule has 6 nitrogen and oxygen atoms in total. The molecular formula is C13H14N3O3+. The standard InChI is InChI=1S/C13H14N3O3/c1-3-6-16-9-11(19-8-7-17)14-13-10(16)4-5-12(18)15(13)2/h3-5,7,9H,1,6,8H2,2H3/q+1.